The molecule has 0 saturated carbocycles. The van der Waals surface area contributed by atoms with Crippen molar-refractivity contribution in [3.8, 4) is 0 Å². The number of hydrogen-bond acceptors (Lipinski definition) is 3. The fourth-order valence-electron chi connectivity index (χ4n) is 1.47. The highest BCUT2D eigenvalue weighted by Crippen LogP contribution is 2.22. The van der Waals surface area contributed by atoms with E-state index in [1.165, 1.54) is 11.3 Å². The normalized spacial score (nSPS) is 10.9. The first kappa shape index (κ1) is 10.5. The zero-order chi connectivity index (χ0) is 11.0. The van der Waals surface area contributed by atoms with E-state index in [1.54, 1.807) is 0 Å². The van der Waals surface area contributed by atoms with Crippen molar-refractivity contribution >= 4 is 28.6 Å². The second-order valence-corrected chi connectivity index (χ2v) is 5.04. The van der Waals surface area contributed by atoms with Crippen LogP contribution in [-0.4, -0.2) is 9.78 Å². The molecular formula is C10H12ClN3S. The number of thiophene rings is 1. The Morgan fingerprint density at radius 2 is 2.27 bits per heavy atom. The summed E-state index contributed by atoms with van der Waals surface area (Å²) in [5.74, 6) is 0. The maximum atomic E-state index is 5.87. The Morgan fingerprint density at radius 1 is 1.53 bits per heavy atom. The van der Waals surface area contributed by atoms with E-state index < -0.39 is 0 Å². The highest BCUT2D eigenvalue weighted by Gasteiger charge is 2.08. The fourth-order valence-corrected chi connectivity index (χ4v) is 2.37. The zero-order valence-electron chi connectivity index (χ0n) is 8.62. The Balaban J connectivity index is 2.28. The molecule has 80 valence electrons. The van der Waals surface area contributed by atoms with Gasteiger partial charge in [0.05, 0.1) is 28.0 Å². The molecule has 0 atom stereocenters. The van der Waals surface area contributed by atoms with Crippen LogP contribution < -0.4 is 5.73 Å². The molecule has 2 N–H and O–H groups in total. The molecule has 0 aromatic carbocycles. The van der Waals surface area contributed by atoms with Crippen LogP contribution in [0.1, 0.15) is 17.0 Å². The Bertz CT molecular complexity index is 487. The van der Waals surface area contributed by atoms with Crippen LogP contribution >= 0.6 is 22.9 Å². The van der Waals surface area contributed by atoms with E-state index in [0.717, 1.165) is 33.5 Å². The molecule has 0 amide bonds. The molecule has 0 spiro atoms. The Kier molecular flexibility index (Phi) is 2.71. The molecular weight excluding hydrogens is 230 g/mol. The zero-order valence-corrected chi connectivity index (χ0v) is 10.2. The summed E-state index contributed by atoms with van der Waals surface area (Å²) >= 11 is 7.40. The van der Waals surface area contributed by atoms with E-state index in [-0.39, 0.29) is 0 Å². The number of hydrogen-bond donors (Lipinski definition) is 1. The van der Waals surface area contributed by atoms with Crippen LogP contribution in [0.3, 0.4) is 0 Å². The molecule has 0 aliphatic heterocycles. The van der Waals surface area contributed by atoms with E-state index in [2.05, 4.69) is 5.10 Å². The number of nitrogens with two attached hydrogens (primary N) is 1. The highest BCUT2D eigenvalue weighted by molar-refractivity contribution is 7.14. The van der Waals surface area contributed by atoms with Crippen molar-refractivity contribution in [1.29, 1.82) is 0 Å². The highest BCUT2D eigenvalue weighted by atomic mass is 35.5. The van der Waals surface area contributed by atoms with E-state index in [4.69, 9.17) is 17.3 Å². The van der Waals surface area contributed by atoms with Gasteiger partial charge in [0.2, 0.25) is 0 Å². The molecule has 2 aromatic rings. The smallest absolute Gasteiger partial charge is 0.0931 e. The van der Waals surface area contributed by atoms with Gasteiger partial charge in [0, 0.05) is 0 Å². The minimum Gasteiger partial charge on any atom is -0.396 e. The Hall–Kier alpha value is -1.00. The summed E-state index contributed by atoms with van der Waals surface area (Å²) in [7, 11) is 0. The van der Waals surface area contributed by atoms with Gasteiger partial charge in [-0.05, 0) is 30.9 Å². The summed E-state index contributed by atoms with van der Waals surface area (Å²) in [6.45, 7) is 4.62. The first-order valence-corrected chi connectivity index (χ1v) is 5.86. The van der Waals surface area contributed by atoms with Crippen LogP contribution in [0.25, 0.3) is 0 Å². The third-order valence-electron chi connectivity index (χ3n) is 2.39. The van der Waals surface area contributed by atoms with Crippen molar-refractivity contribution in [3.63, 3.8) is 0 Å². The van der Waals surface area contributed by atoms with E-state index in [9.17, 15) is 0 Å². The maximum Gasteiger partial charge on any atom is 0.0931 e. The molecule has 0 fully saturated rings. The summed E-state index contributed by atoms with van der Waals surface area (Å²) in [6, 6.07) is 1.96. The molecule has 5 heteroatoms. The summed E-state index contributed by atoms with van der Waals surface area (Å²) in [4.78, 5) is 0. The van der Waals surface area contributed by atoms with E-state index >= 15 is 0 Å². The summed E-state index contributed by atoms with van der Waals surface area (Å²) < 4.78 is 2.71. The van der Waals surface area contributed by atoms with Crippen LogP contribution in [0, 0.1) is 13.8 Å². The Labute approximate surface area is 97.5 Å². The van der Waals surface area contributed by atoms with Crippen molar-refractivity contribution in [2.45, 2.75) is 20.4 Å². The molecule has 0 aliphatic rings. The maximum absolute atomic E-state index is 5.87. The summed E-state index contributed by atoms with van der Waals surface area (Å²) in [5, 5.41) is 6.40. The van der Waals surface area contributed by atoms with Crippen LogP contribution in [0.15, 0.2) is 11.4 Å². The number of anilines is 1. The van der Waals surface area contributed by atoms with Crippen molar-refractivity contribution < 1.29 is 0 Å². The molecule has 2 heterocycles. The first-order chi connectivity index (χ1) is 7.08. The van der Waals surface area contributed by atoms with Gasteiger partial charge in [0.1, 0.15) is 0 Å². The number of nitrogen functional groups attached to an aromatic ring is 1. The first-order valence-electron chi connectivity index (χ1n) is 4.60. The summed E-state index contributed by atoms with van der Waals surface area (Å²) in [5.41, 5.74) is 9.68. The van der Waals surface area contributed by atoms with Gasteiger partial charge in [-0.3, -0.25) is 4.68 Å². The van der Waals surface area contributed by atoms with Crippen LogP contribution in [0.4, 0.5) is 5.69 Å². The number of nitrogens with zero attached hydrogens (tertiary/aromatic N) is 2. The monoisotopic (exact) mass is 241 g/mol. The van der Waals surface area contributed by atoms with E-state index in [0.29, 0.717) is 0 Å². The van der Waals surface area contributed by atoms with Crippen molar-refractivity contribution in [2.75, 3.05) is 5.73 Å². The van der Waals surface area contributed by atoms with Crippen LogP contribution in [-0.2, 0) is 6.54 Å². The molecule has 0 unspecified atom stereocenters. The second kappa shape index (κ2) is 3.87. The number of rotatable bonds is 2. The number of aryl methyl sites for hydroxylation is 1. The largest absolute Gasteiger partial charge is 0.396 e. The lowest BCUT2D eigenvalue weighted by Gasteiger charge is -2.01. The average Bonchev–Trinajstić information content (AvgIpc) is 2.68. The van der Waals surface area contributed by atoms with Gasteiger partial charge in [0.25, 0.3) is 0 Å². The average molecular weight is 242 g/mol. The number of aromatic nitrogens is 2. The number of halogens is 1. The van der Waals surface area contributed by atoms with Gasteiger partial charge in [-0.1, -0.05) is 11.6 Å². The molecule has 2 rings (SSSR count). The molecule has 0 saturated heterocycles. The molecule has 15 heavy (non-hydrogen) atoms. The predicted octanol–water partition coefficient (Wildman–Crippen LogP) is 2.85. The van der Waals surface area contributed by atoms with Gasteiger partial charge in [-0.15, -0.1) is 11.3 Å². The lowest BCUT2D eigenvalue weighted by Crippen LogP contribution is -2.03. The second-order valence-electron chi connectivity index (χ2n) is 3.50. The lowest BCUT2D eigenvalue weighted by atomic mass is 10.3. The topological polar surface area (TPSA) is 43.8 Å². The third kappa shape index (κ3) is 2.01. The quantitative estimate of drug-likeness (QED) is 0.879. The molecule has 0 aliphatic carbocycles. The van der Waals surface area contributed by atoms with Crippen molar-refractivity contribution in [1.82, 2.24) is 9.78 Å². The minimum atomic E-state index is 0.729. The molecule has 0 radical (unpaired) electrons. The fraction of sp³-hybridized carbons (Fsp3) is 0.300. The van der Waals surface area contributed by atoms with Crippen LogP contribution in [0.5, 0.6) is 0 Å². The Morgan fingerprint density at radius 3 is 2.73 bits per heavy atom. The molecule has 3 nitrogen and oxygen atoms in total. The lowest BCUT2D eigenvalue weighted by molar-refractivity contribution is 0.660. The third-order valence-corrected chi connectivity index (χ3v) is 3.53. The van der Waals surface area contributed by atoms with Gasteiger partial charge in [-0.25, -0.2) is 0 Å². The molecule has 0 bridgehead atoms. The van der Waals surface area contributed by atoms with Crippen molar-refractivity contribution in [2.24, 2.45) is 0 Å². The molecule has 2 aromatic heterocycles. The van der Waals surface area contributed by atoms with Crippen molar-refractivity contribution in [3.05, 3.63) is 32.7 Å². The van der Waals surface area contributed by atoms with Gasteiger partial charge < -0.3 is 5.73 Å². The van der Waals surface area contributed by atoms with Gasteiger partial charge in [0.15, 0.2) is 0 Å². The summed E-state index contributed by atoms with van der Waals surface area (Å²) in [6.07, 6.45) is 0. The minimum absolute atomic E-state index is 0.729. The van der Waals surface area contributed by atoms with Gasteiger partial charge in [-0.2, -0.15) is 5.10 Å². The standard InChI is InChI=1S/C10H12ClN3S/c1-6-10(12)7(2)14(13-6)4-8-3-9(11)15-5-8/h3,5H,4,12H2,1-2H3. The van der Waals surface area contributed by atoms with Crippen LogP contribution in [0.2, 0.25) is 4.34 Å². The predicted molar refractivity (Wildman–Crippen MR) is 64.5 cm³/mol. The van der Waals surface area contributed by atoms with E-state index in [1.807, 2.05) is 30.0 Å². The SMILES string of the molecule is Cc1nn(Cc2csc(Cl)c2)c(C)c1N. The van der Waals surface area contributed by atoms with Gasteiger partial charge >= 0.3 is 0 Å².